The number of rotatable bonds is 4. The Morgan fingerprint density at radius 3 is 2.29 bits per heavy atom. The third kappa shape index (κ3) is 9.97. The molecule has 0 saturated carbocycles. The van der Waals surface area contributed by atoms with Gasteiger partial charge in [0.15, 0.2) is 13.0 Å². The van der Waals surface area contributed by atoms with Crippen molar-refractivity contribution in [3.8, 4) is 0 Å². The second kappa shape index (κ2) is 7.41. The SMILES string of the molecule is COC(C)OC[NH+]1C=CN=C1C.F[B-](F)(F)F. The van der Waals surface area contributed by atoms with E-state index in [1.807, 2.05) is 20.0 Å². The standard InChI is InChI=1S/C8H14N2O2.BF4/c1-7-9-4-5-10(7)6-12-8(2)11-3;2-1(3,4)5/h4-5,8H,6H2,1-3H3;/q;-1/p+1. The molecule has 0 aromatic carbocycles. The van der Waals surface area contributed by atoms with Crippen LogP contribution in [-0.4, -0.2) is 33.2 Å². The highest BCUT2D eigenvalue weighted by molar-refractivity contribution is 6.50. The van der Waals surface area contributed by atoms with E-state index in [4.69, 9.17) is 9.47 Å². The number of ether oxygens (including phenoxy) is 2. The van der Waals surface area contributed by atoms with Crippen molar-refractivity contribution in [3.05, 3.63) is 12.4 Å². The van der Waals surface area contributed by atoms with Crippen LogP contribution in [0, 0.1) is 0 Å². The molecule has 2 unspecified atom stereocenters. The van der Waals surface area contributed by atoms with Crippen molar-refractivity contribution in [2.75, 3.05) is 13.8 Å². The Bertz CT molecular complexity index is 277. The number of nitrogens with zero attached hydrogens (tertiary/aromatic N) is 1. The van der Waals surface area contributed by atoms with Gasteiger partial charge in [-0.3, -0.25) is 0 Å². The van der Waals surface area contributed by atoms with E-state index in [9.17, 15) is 17.3 Å². The second-order valence-corrected chi connectivity index (χ2v) is 3.16. The minimum absolute atomic E-state index is 0.153. The van der Waals surface area contributed by atoms with Crippen LogP contribution in [0.5, 0.6) is 0 Å². The lowest BCUT2D eigenvalue weighted by atomic mass is 10.3. The maximum atomic E-state index is 9.75. The summed E-state index contributed by atoms with van der Waals surface area (Å²) < 4.78 is 49.3. The smallest absolute Gasteiger partial charge is 0.418 e. The van der Waals surface area contributed by atoms with Crippen LogP contribution in [0.1, 0.15) is 13.8 Å². The molecule has 1 rings (SSSR count). The van der Waals surface area contributed by atoms with Crippen LogP contribution in [0.25, 0.3) is 0 Å². The summed E-state index contributed by atoms with van der Waals surface area (Å²) in [6.07, 6.45) is 3.59. The molecule has 100 valence electrons. The molecule has 0 saturated heterocycles. The molecule has 1 aliphatic rings. The predicted octanol–water partition coefficient (Wildman–Crippen LogP) is 1.04. The number of methoxy groups -OCH3 is 1. The Labute approximate surface area is 97.0 Å². The van der Waals surface area contributed by atoms with E-state index in [2.05, 4.69) is 4.99 Å². The van der Waals surface area contributed by atoms with Gasteiger partial charge >= 0.3 is 7.25 Å². The van der Waals surface area contributed by atoms with Crippen LogP contribution >= 0.6 is 0 Å². The molecule has 0 bridgehead atoms. The molecule has 17 heavy (non-hydrogen) atoms. The van der Waals surface area contributed by atoms with E-state index < -0.39 is 7.25 Å². The fourth-order valence-corrected chi connectivity index (χ4v) is 0.870. The van der Waals surface area contributed by atoms with Gasteiger partial charge in [-0.2, -0.15) is 0 Å². The molecule has 0 spiro atoms. The first-order chi connectivity index (χ1) is 7.74. The first kappa shape index (κ1) is 16.1. The molecule has 1 heterocycles. The quantitative estimate of drug-likeness (QED) is 0.464. The molecule has 0 amide bonds. The Morgan fingerprint density at radius 2 is 1.94 bits per heavy atom. The average Bonchev–Trinajstić information content (AvgIpc) is 2.58. The molecule has 4 nitrogen and oxygen atoms in total. The molecular formula is C8H15BF4N2O2. The van der Waals surface area contributed by atoms with Gasteiger partial charge in [0.25, 0.3) is 0 Å². The van der Waals surface area contributed by atoms with Crippen LogP contribution < -0.4 is 4.90 Å². The lowest BCUT2D eigenvalue weighted by Gasteiger charge is -2.13. The maximum absolute atomic E-state index is 9.75. The fourth-order valence-electron chi connectivity index (χ4n) is 0.870. The Balaban J connectivity index is 0.000000437. The molecule has 0 radical (unpaired) electrons. The Hall–Kier alpha value is -0.925. The number of hydrogen-bond acceptors (Lipinski definition) is 3. The van der Waals surface area contributed by atoms with Gasteiger partial charge in [0.2, 0.25) is 5.84 Å². The summed E-state index contributed by atoms with van der Waals surface area (Å²) in [6, 6.07) is 0. The van der Waals surface area contributed by atoms with Gasteiger partial charge < -0.3 is 26.7 Å². The molecule has 2 atom stereocenters. The number of amidine groups is 1. The average molecular weight is 258 g/mol. The van der Waals surface area contributed by atoms with Crippen LogP contribution in [0.4, 0.5) is 17.3 Å². The Morgan fingerprint density at radius 1 is 1.41 bits per heavy atom. The topological polar surface area (TPSA) is 35.3 Å². The minimum atomic E-state index is -6.00. The summed E-state index contributed by atoms with van der Waals surface area (Å²) in [4.78, 5) is 5.22. The van der Waals surface area contributed by atoms with E-state index in [-0.39, 0.29) is 6.29 Å². The first-order valence-electron chi connectivity index (χ1n) is 4.83. The normalized spacial score (nSPS) is 20.6. The van der Waals surface area contributed by atoms with Crippen LogP contribution in [0.3, 0.4) is 0 Å². The van der Waals surface area contributed by atoms with Gasteiger partial charge in [-0.25, -0.2) is 9.89 Å². The number of halogens is 4. The highest BCUT2D eigenvalue weighted by Crippen LogP contribution is 2.06. The van der Waals surface area contributed by atoms with Crippen molar-refractivity contribution < 1.29 is 31.6 Å². The highest BCUT2D eigenvalue weighted by atomic mass is 19.5. The summed E-state index contributed by atoms with van der Waals surface area (Å²) in [5, 5.41) is 0. The summed E-state index contributed by atoms with van der Waals surface area (Å²) in [7, 11) is -4.37. The zero-order valence-electron chi connectivity index (χ0n) is 9.79. The van der Waals surface area contributed by atoms with Crippen molar-refractivity contribution in [1.82, 2.24) is 0 Å². The molecule has 0 fully saturated rings. The van der Waals surface area contributed by atoms with E-state index in [1.54, 1.807) is 13.3 Å². The van der Waals surface area contributed by atoms with E-state index in [0.29, 0.717) is 6.73 Å². The Kier molecular flexibility index (Phi) is 7.01. The number of quaternary nitrogens is 1. The number of nitrogens with one attached hydrogen (secondary N) is 1. The van der Waals surface area contributed by atoms with Crippen LogP contribution in [0.15, 0.2) is 17.4 Å². The van der Waals surface area contributed by atoms with Gasteiger partial charge in [0, 0.05) is 14.0 Å². The molecular weight excluding hydrogens is 243 g/mol. The number of hydrogen-bond donors (Lipinski definition) is 1. The molecule has 0 aromatic rings. The molecule has 1 N–H and O–H groups in total. The van der Waals surface area contributed by atoms with E-state index in [1.165, 1.54) is 0 Å². The van der Waals surface area contributed by atoms with Crippen molar-refractivity contribution >= 4 is 13.1 Å². The van der Waals surface area contributed by atoms with Crippen LogP contribution in [-0.2, 0) is 9.47 Å². The minimum Gasteiger partial charge on any atom is -0.418 e. The summed E-state index contributed by atoms with van der Waals surface area (Å²) in [5.74, 6) is 1.03. The lowest BCUT2D eigenvalue weighted by Crippen LogP contribution is -3.09. The zero-order valence-corrected chi connectivity index (χ0v) is 9.79. The lowest BCUT2D eigenvalue weighted by molar-refractivity contribution is -0.775. The first-order valence-corrected chi connectivity index (χ1v) is 4.83. The van der Waals surface area contributed by atoms with Crippen molar-refractivity contribution in [3.63, 3.8) is 0 Å². The van der Waals surface area contributed by atoms with Crippen molar-refractivity contribution in [1.29, 1.82) is 0 Å². The van der Waals surface area contributed by atoms with E-state index >= 15 is 0 Å². The highest BCUT2D eigenvalue weighted by Gasteiger charge is 2.20. The van der Waals surface area contributed by atoms with Gasteiger partial charge in [-0.1, -0.05) is 0 Å². The number of aliphatic imine (C=N–C) groups is 1. The summed E-state index contributed by atoms with van der Waals surface area (Å²) in [6.45, 7) is 4.41. The van der Waals surface area contributed by atoms with Gasteiger partial charge in [-0.15, -0.1) is 0 Å². The third-order valence-corrected chi connectivity index (χ3v) is 1.81. The monoisotopic (exact) mass is 258 g/mol. The van der Waals surface area contributed by atoms with E-state index in [0.717, 1.165) is 10.7 Å². The zero-order chi connectivity index (χ0) is 13.5. The second-order valence-electron chi connectivity index (χ2n) is 3.16. The van der Waals surface area contributed by atoms with Crippen molar-refractivity contribution in [2.24, 2.45) is 4.99 Å². The van der Waals surface area contributed by atoms with Crippen molar-refractivity contribution in [2.45, 2.75) is 20.1 Å². The summed E-state index contributed by atoms with van der Waals surface area (Å²) in [5.41, 5.74) is 0. The molecule has 0 aliphatic carbocycles. The fraction of sp³-hybridized carbons (Fsp3) is 0.625. The molecule has 1 aliphatic heterocycles. The predicted molar refractivity (Wildman–Crippen MR) is 55.8 cm³/mol. The molecule has 9 heteroatoms. The van der Waals surface area contributed by atoms with Crippen LogP contribution in [0.2, 0.25) is 0 Å². The summed E-state index contributed by atoms with van der Waals surface area (Å²) >= 11 is 0. The third-order valence-electron chi connectivity index (χ3n) is 1.81. The van der Waals surface area contributed by atoms with Gasteiger partial charge in [-0.05, 0) is 6.92 Å². The van der Waals surface area contributed by atoms with Gasteiger partial charge in [0.05, 0.1) is 6.20 Å². The van der Waals surface area contributed by atoms with Gasteiger partial charge in [0.1, 0.15) is 6.20 Å². The largest absolute Gasteiger partial charge is 0.673 e. The molecule has 0 aromatic heterocycles. The maximum Gasteiger partial charge on any atom is 0.673 e.